The molecule has 0 amide bonds. The molecule has 1 saturated heterocycles. The predicted molar refractivity (Wildman–Crippen MR) is 68.7 cm³/mol. The predicted octanol–water partition coefficient (Wildman–Crippen LogP) is 1.51. The lowest BCUT2D eigenvalue weighted by molar-refractivity contribution is 0.160. The van der Waals surface area contributed by atoms with Crippen molar-refractivity contribution in [2.75, 3.05) is 32.8 Å². The van der Waals surface area contributed by atoms with Gasteiger partial charge in [-0.05, 0) is 20.4 Å². The van der Waals surface area contributed by atoms with Crippen molar-refractivity contribution < 1.29 is 4.74 Å². The molecule has 1 aliphatic heterocycles. The molecule has 0 aromatic rings. The summed E-state index contributed by atoms with van der Waals surface area (Å²) in [6.45, 7) is 15.3. The van der Waals surface area contributed by atoms with E-state index in [0.717, 1.165) is 32.8 Å². The van der Waals surface area contributed by atoms with Gasteiger partial charge in [0.15, 0.2) is 0 Å². The highest BCUT2D eigenvalue weighted by Gasteiger charge is 2.29. The molecule has 1 N–H and O–H groups in total. The molecule has 0 aromatic heterocycles. The molecule has 0 radical (unpaired) electrons. The van der Waals surface area contributed by atoms with E-state index in [1.54, 1.807) is 0 Å². The highest BCUT2D eigenvalue weighted by Crippen LogP contribution is 2.16. The molecular weight excluding hydrogens is 200 g/mol. The van der Waals surface area contributed by atoms with Crippen LogP contribution in [0.15, 0.2) is 12.7 Å². The zero-order valence-electron chi connectivity index (χ0n) is 10.9. The minimum atomic E-state index is 0.524. The molecule has 94 valence electrons. The van der Waals surface area contributed by atoms with Crippen molar-refractivity contribution in [3.63, 3.8) is 0 Å². The lowest BCUT2D eigenvalue weighted by Crippen LogP contribution is -2.43. The second-order valence-corrected chi connectivity index (χ2v) is 4.80. The van der Waals surface area contributed by atoms with Crippen LogP contribution >= 0.6 is 0 Å². The van der Waals surface area contributed by atoms with Crippen LogP contribution in [0.1, 0.15) is 20.8 Å². The van der Waals surface area contributed by atoms with Gasteiger partial charge in [-0.15, -0.1) is 6.58 Å². The largest absolute Gasteiger partial charge is 0.379 e. The van der Waals surface area contributed by atoms with Crippen molar-refractivity contribution in [1.29, 1.82) is 0 Å². The molecule has 16 heavy (non-hydrogen) atoms. The fourth-order valence-electron chi connectivity index (χ4n) is 2.23. The lowest BCUT2D eigenvalue weighted by Gasteiger charge is -2.30. The van der Waals surface area contributed by atoms with Crippen molar-refractivity contribution in [1.82, 2.24) is 10.2 Å². The minimum absolute atomic E-state index is 0.524. The first-order chi connectivity index (χ1) is 7.69. The fraction of sp³-hybridized carbons (Fsp3) is 0.846. The number of ether oxygens (including phenoxy) is 1. The van der Waals surface area contributed by atoms with Gasteiger partial charge in [-0.1, -0.05) is 13.0 Å². The molecule has 3 nitrogen and oxygen atoms in total. The second kappa shape index (κ2) is 7.05. The minimum Gasteiger partial charge on any atom is -0.379 e. The van der Waals surface area contributed by atoms with Crippen LogP contribution in [-0.4, -0.2) is 49.8 Å². The van der Waals surface area contributed by atoms with Gasteiger partial charge < -0.3 is 10.1 Å². The van der Waals surface area contributed by atoms with Crippen molar-refractivity contribution in [2.24, 2.45) is 5.92 Å². The highest BCUT2D eigenvalue weighted by molar-refractivity contribution is 4.86. The third-order valence-corrected chi connectivity index (χ3v) is 3.23. The zero-order chi connectivity index (χ0) is 12.0. The Balaban J connectivity index is 2.45. The maximum Gasteiger partial charge on any atom is 0.0623 e. The molecule has 0 bridgehead atoms. The summed E-state index contributed by atoms with van der Waals surface area (Å²) in [5, 5.41) is 3.50. The Hall–Kier alpha value is -0.380. The average Bonchev–Trinajstić information content (AvgIpc) is 2.65. The first-order valence-corrected chi connectivity index (χ1v) is 6.35. The normalized spacial score (nSPS) is 25.6. The molecule has 1 heterocycles. The van der Waals surface area contributed by atoms with E-state index in [-0.39, 0.29) is 0 Å². The second-order valence-electron chi connectivity index (χ2n) is 4.80. The Morgan fingerprint density at radius 3 is 2.81 bits per heavy atom. The monoisotopic (exact) mass is 226 g/mol. The van der Waals surface area contributed by atoms with E-state index in [2.05, 4.69) is 37.6 Å². The molecule has 2 unspecified atom stereocenters. The first kappa shape index (κ1) is 13.7. The molecule has 0 aliphatic carbocycles. The van der Waals surface area contributed by atoms with Gasteiger partial charge in [0.2, 0.25) is 0 Å². The van der Waals surface area contributed by atoms with Gasteiger partial charge in [0.25, 0.3) is 0 Å². The van der Waals surface area contributed by atoms with Crippen LogP contribution in [0.25, 0.3) is 0 Å². The molecule has 1 aliphatic rings. The summed E-state index contributed by atoms with van der Waals surface area (Å²) < 4.78 is 5.57. The van der Waals surface area contributed by atoms with Gasteiger partial charge in [0.1, 0.15) is 0 Å². The van der Waals surface area contributed by atoms with Crippen LogP contribution in [0.4, 0.5) is 0 Å². The van der Waals surface area contributed by atoms with E-state index < -0.39 is 0 Å². The maximum atomic E-state index is 5.57. The molecule has 3 heteroatoms. The summed E-state index contributed by atoms with van der Waals surface area (Å²) in [4.78, 5) is 2.46. The Morgan fingerprint density at radius 2 is 2.25 bits per heavy atom. The van der Waals surface area contributed by atoms with Crippen LogP contribution in [0, 0.1) is 5.92 Å². The number of rotatable bonds is 7. The van der Waals surface area contributed by atoms with Crippen molar-refractivity contribution >= 4 is 0 Å². The summed E-state index contributed by atoms with van der Waals surface area (Å²) in [5.41, 5.74) is 0. The Bertz CT molecular complexity index is 206. The maximum absolute atomic E-state index is 5.57. The number of hydrogen-bond acceptors (Lipinski definition) is 3. The lowest BCUT2D eigenvalue weighted by atomic mass is 10.0. The third kappa shape index (κ3) is 3.89. The molecule has 0 spiro atoms. The van der Waals surface area contributed by atoms with Crippen molar-refractivity contribution in [3.05, 3.63) is 12.7 Å². The quantitative estimate of drug-likeness (QED) is 0.666. The SMILES string of the molecule is C=CCN(CC1COCC1NCC)C(C)C. The Labute approximate surface area is 99.8 Å². The van der Waals surface area contributed by atoms with E-state index >= 15 is 0 Å². The summed E-state index contributed by atoms with van der Waals surface area (Å²) in [6.07, 6.45) is 1.98. The Kier molecular flexibility index (Phi) is 6.03. The number of nitrogens with one attached hydrogen (secondary N) is 1. The zero-order valence-corrected chi connectivity index (χ0v) is 10.9. The van der Waals surface area contributed by atoms with Crippen molar-refractivity contribution in [3.8, 4) is 0 Å². The fourth-order valence-corrected chi connectivity index (χ4v) is 2.23. The first-order valence-electron chi connectivity index (χ1n) is 6.35. The average molecular weight is 226 g/mol. The van der Waals surface area contributed by atoms with Crippen LogP contribution < -0.4 is 5.32 Å². The smallest absolute Gasteiger partial charge is 0.0623 e. The van der Waals surface area contributed by atoms with Gasteiger partial charge in [-0.25, -0.2) is 0 Å². The van der Waals surface area contributed by atoms with E-state index in [1.807, 2.05) is 6.08 Å². The van der Waals surface area contributed by atoms with Crippen molar-refractivity contribution in [2.45, 2.75) is 32.9 Å². The van der Waals surface area contributed by atoms with E-state index in [1.165, 1.54) is 0 Å². The van der Waals surface area contributed by atoms with Gasteiger partial charge >= 0.3 is 0 Å². The molecule has 1 fully saturated rings. The van der Waals surface area contributed by atoms with Crippen LogP contribution in [0.2, 0.25) is 0 Å². The standard InChI is InChI=1S/C13H26N2O/c1-5-7-15(11(3)4)8-12-9-16-10-13(12)14-6-2/h5,11-14H,1,6-10H2,2-4H3. The topological polar surface area (TPSA) is 24.5 Å². The summed E-state index contributed by atoms with van der Waals surface area (Å²) in [5.74, 6) is 0.613. The van der Waals surface area contributed by atoms with Crippen LogP contribution in [0.3, 0.4) is 0 Å². The Morgan fingerprint density at radius 1 is 1.50 bits per heavy atom. The highest BCUT2D eigenvalue weighted by atomic mass is 16.5. The molecule has 1 rings (SSSR count). The molecular formula is C13H26N2O. The molecule has 0 aromatic carbocycles. The van der Waals surface area contributed by atoms with Gasteiger partial charge in [-0.2, -0.15) is 0 Å². The van der Waals surface area contributed by atoms with Gasteiger partial charge in [0.05, 0.1) is 13.2 Å². The van der Waals surface area contributed by atoms with Crippen LogP contribution in [0.5, 0.6) is 0 Å². The van der Waals surface area contributed by atoms with Gasteiger partial charge in [-0.3, -0.25) is 4.90 Å². The number of nitrogens with zero attached hydrogens (tertiary/aromatic N) is 1. The number of hydrogen-bond donors (Lipinski definition) is 1. The molecule has 0 saturated carbocycles. The number of likely N-dealkylation sites (N-methyl/N-ethyl adjacent to an activating group) is 1. The van der Waals surface area contributed by atoms with E-state index in [0.29, 0.717) is 18.0 Å². The molecule has 2 atom stereocenters. The summed E-state index contributed by atoms with van der Waals surface area (Å²) in [7, 11) is 0. The van der Waals surface area contributed by atoms with Gasteiger partial charge in [0, 0.05) is 31.1 Å². The van der Waals surface area contributed by atoms with E-state index in [4.69, 9.17) is 4.74 Å². The third-order valence-electron chi connectivity index (χ3n) is 3.23. The summed E-state index contributed by atoms with van der Waals surface area (Å²) >= 11 is 0. The van der Waals surface area contributed by atoms with Crippen LogP contribution in [-0.2, 0) is 4.74 Å². The van der Waals surface area contributed by atoms with E-state index in [9.17, 15) is 0 Å². The summed E-state index contributed by atoms with van der Waals surface area (Å²) in [6, 6.07) is 1.09.